The minimum Gasteiger partial charge on any atom is -0.463 e. The Morgan fingerprint density at radius 1 is 0.960 bits per heavy atom. The maximum Gasteiger partial charge on any atom is 0.190 e. The summed E-state index contributed by atoms with van der Waals surface area (Å²) < 4.78 is 20.8. The molecule has 0 amide bonds. The van der Waals surface area contributed by atoms with Gasteiger partial charge in [-0.1, -0.05) is 30.3 Å². The number of furan rings is 1. The molecule has 0 aliphatic heterocycles. The number of halogens is 1. The molecule has 0 unspecified atom stereocenters. The van der Waals surface area contributed by atoms with Gasteiger partial charge in [0, 0.05) is 5.38 Å². The molecule has 0 saturated carbocycles. The van der Waals surface area contributed by atoms with E-state index in [4.69, 9.17) is 9.41 Å². The van der Waals surface area contributed by atoms with Crippen LogP contribution in [0.1, 0.15) is 5.56 Å². The highest BCUT2D eigenvalue weighted by Gasteiger charge is 2.11. The number of benzene rings is 2. The summed E-state index contributed by atoms with van der Waals surface area (Å²) in [6, 6.07) is 20.1. The number of aromatic nitrogens is 1. The zero-order valence-corrected chi connectivity index (χ0v) is 14.1. The summed E-state index contributed by atoms with van der Waals surface area (Å²) in [6.45, 7) is 0.589. The van der Waals surface area contributed by atoms with Gasteiger partial charge in [0.15, 0.2) is 10.6 Å². The van der Waals surface area contributed by atoms with Crippen molar-refractivity contribution in [3.8, 4) is 11.5 Å². The smallest absolute Gasteiger partial charge is 0.190 e. The van der Waals surface area contributed by atoms with Gasteiger partial charge in [-0.3, -0.25) is 0 Å². The Bertz CT molecular complexity index is 1020. The standard InChI is InChI=1S/C20H15FN2OS/c21-16-10-8-15(9-11-16)13-23-18(19-7-4-12-24-19)14-25-20(23)22-17-5-2-1-3-6-17/h1-12,14H,13H2. The number of rotatable bonds is 4. The van der Waals surface area contributed by atoms with Crippen LogP contribution in [0.5, 0.6) is 0 Å². The molecule has 0 atom stereocenters. The van der Waals surface area contributed by atoms with Crippen molar-refractivity contribution in [2.75, 3.05) is 0 Å². The van der Waals surface area contributed by atoms with E-state index >= 15 is 0 Å². The molecule has 2 aromatic heterocycles. The largest absolute Gasteiger partial charge is 0.463 e. The van der Waals surface area contributed by atoms with Crippen LogP contribution in [-0.4, -0.2) is 4.57 Å². The lowest BCUT2D eigenvalue weighted by Gasteiger charge is -2.08. The molecule has 0 aliphatic carbocycles. The quantitative estimate of drug-likeness (QED) is 0.496. The minimum atomic E-state index is -0.237. The Morgan fingerprint density at radius 3 is 2.48 bits per heavy atom. The molecule has 0 radical (unpaired) electrons. The van der Waals surface area contributed by atoms with Gasteiger partial charge in [-0.2, -0.15) is 0 Å². The van der Waals surface area contributed by atoms with Crippen LogP contribution in [0.3, 0.4) is 0 Å². The lowest BCUT2D eigenvalue weighted by molar-refractivity contribution is 0.573. The van der Waals surface area contributed by atoms with Crippen LogP contribution >= 0.6 is 11.3 Å². The predicted molar refractivity (Wildman–Crippen MR) is 97.2 cm³/mol. The number of hydrogen-bond acceptors (Lipinski definition) is 3. The molecule has 124 valence electrons. The summed E-state index contributed by atoms with van der Waals surface area (Å²) >= 11 is 1.55. The van der Waals surface area contributed by atoms with Crippen molar-refractivity contribution < 1.29 is 8.81 Å². The Balaban J connectivity index is 1.82. The summed E-state index contributed by atoms with van der Waals surface area (Å²) in [6.07, 6.45) is 1.66. The van der Waals surface area contributed by atoms with E-state index in [2.05, 4.69) is 4.57 Å². The average molecular weight is 350 g/mol. The van der Waals surface area contributed by atoms with Crippen LogP contribution in [0.2, 0.25) is 0 Å². The number of nitrogens with zero attached hydrogens (tertiary/aromatic N) is 2. The highest BCUT2D eigenvalue weighted by molar-refractivity contribution is 7.07. The Kier molecular flexibility index (Phi) is 4.31. The molecule has 0 fully saturated rings. The molecule has 3 nitrogen and oxygen atoms in total. The lowest BCUT2D eigenvalue weighted by atomic mass is 10.2. The first-order chi connectivity index (χ1) is 12.3. The molecule has 4 rings (SSSR count). The van der Waals surface area contributed by atoms with Crippen LogP contribution < -0.4 is 4.80 Å². The van der Waals surface area contributed by atoms with Crippen molar-refractivity contribution in [3.05, 3.63) is 94.6 Å². The first-order valence-corrected chi connectivity index (χ1v) is 8.74. The van der Waals surface area contributed by atoms with Crippen molar-refractivity contribution in [1.82, 2.24) is 4.57 Å². The van der Waals surface area contributed by atoms with E-state index < -0.39 is 0 Å². The van der Waals surface area contributed by atoms with Gasteiger partial charge < -0.3 is 8.98 Å². The van der Waals surface area contributed by atoms with Crippen molar-refractivity contribution in [2.24, 2.45) is 4.99 Å². The molecule has 0 bridgehead atoms. The van der Waals surface area contributed by atoms with E-state index in [1.54, 1.807) is 29.7 Å². The molecule has 0 aliphatic rings. The van der Waals surface area contributed by atoms with Crippen molar-refractivity contribution >= 4 is 17.0 Å². The number of hydrogen-bond donors (Lipinski definition) is 0. The minimum absolute atomic E-state index is 0.237. The second kappa shape index (κ2) is 6.91. The second-order valence-corrected chi connectivity index (χ2v) is 6.38. The topological polar surface area (TPSA) is 30.4 Å². The summed E-state index contributed by atoms with van der Waals surface area (Å²) in [7, 11) is 0. The van der Waals surface area contributed by atoms with E-state index in [1.165, 1.54) is 12.1 Å². The molecule has 4 aromatic rings. The van der Waals surface area contributed by atoms with Crippen LogP contribution in [0, 0.1) is 5.82 Å². The van der Waals surface area contributed by atoms with Gasteiger partial charge in [0.2, 0.25) is 0 Å². The molecule has 5 heteroatoms. The summed E-state index contributed by atoms with van der Waals surface area (Å²) in [5.74, 6) is 0.549. The number of para-hydroxylation sites is 1. The van der Waals surface area contributed by atoms with Crippen molar-refractivity contribution in [1.29, 1.82) is 0 Å². The fourth-order valence-electron chi connectivity index (χ4n) is 2.58. The zero-order chi connectivity index (χ0) is 17.1. The fraction of sp³-hybridized carbons (Fsp3) is 0.0500. The molecule has 0 spiro atoms. The van der Waals surface area contributed by atoms with Crippen LogP contribution in [0.25, 0.3) is 11.5 Å². The lowest BCUT2D eigenvalue weighted by Crippen LogP contribution is -2.16. The average Bonchev–Trinajstić information content (AvgIpc) is 3.28. The summed E-state index contributed by atoms with van der Waals surface area (Å²) in [5.41, 5.74) is 2.85. The van der Waals surface area contributed by atoms with Crippen molar-refractivity contribution in [3.63, 3.8) is 0 Å². The van der Waals surface area contributed by atoms with Gasteiger partial charge >= 0.3 is 0 Å². The van der Waals surface area contributed by atoms with Crippen molar-refractivity contribution in [2.45, 2.75) is 6.54 Å². The molecule has 0 saturated heterocycles. The van der Waals surface area contributed by atoms with Gasteiger partial charge in [0.1, 0.15) is 5.82 Å². The van der Waals surface area contributed by atoms with Crippen LogP contribution in [-0.2, 0) is 6.54 Å². The maximum atomic E-state index is 13.2. The molecule has 0 N–H and O–H groups in total. The monoisotopic (exact) mass is 350 g/mol. The number of thiazole rings is 1. The second-order valence-electron chi connectivity index (χ2n) is 5.54. The third-order valence-electron chi connectivity index (χ3n) is 3.81. The van der Waals surface area contributed by atoms with Crippen LogP contribution in [0.4, 0.5) is 10.1 Å². The van der Waals surface area contributed by atoms with E-state index in [-0.39, 0.29) is 5.82 Å². The van der Waals surface area contributed by atoms with E-state index in [1.807, 2.05) is 47.8 Å². The van der Waals surface area contributed by atoms with E-state index in [9.17, 15) is 4.39 Å². The van der Waals surface area contributed by atoms with Gasteiger partial charge in [0.25, 0.3) is 0 Å². The molecule has 2 aromatic carbocycles. The fourth-order valence-corrected chi connectivity index (χ4v) is 3.49. The van der Waals surface area contributed by atoms with E-state index in [0.717, 1.165) is 27.5 Å². The molecular formula is C20H15FN2OS. The van der Waals surface area contributed by atoms with Gasteiger partial charge in [0.05, 0.1) is 24.2 Å². The normalized spacial score (nSPS) is 11.8. The maximum absolute atomic E-state index is 13.2. The summed E-state index contributed by atoms with van der Waals surface area (Å²) in [5, 5.41) is 2.03. The molecular weight excluding hydrogens is 335 g/mol. The SMILES string of the molecule is Fc1ccc(Cn2c(-c3ccco3)csc2=Nc2ccccc2)cc1. The Hall–Kier alpha value is -2.92. The Labute approximate surface area is 148 Å². The zero-order valence-electron chi connectivity index (χ0n) is 13.3. The van der Waals surface area contributed by atoms with Gasteiger partial charge in [-0.05, 0) is 42.0 Å². The first kappa shape index (κ1) is 15.6. The summed E-state index contributed by atoms with van der Waals surface area (Å²) in [4.78, 5) is 5.61. The van der Waals surface area contributed by atoms with Crippen LogP contribution in [0.15, 0.2) is 87.8 Å². The first-order valence-electron chi connectivity index (χ1n) is 7.86. The van der Waals surface area contributed by atoms with Gasteiger partial charge in [-0.15, -0.1) is 11.3 Å². The predicted octanol–water partition coefficient (Wildman–Crippen LogP) is 5.23. The highest BCUT2D eigenvalue weighted by Crippen LogP contribution is 2.22. The Morgan fingerprint density at radius 2 is 1.76 bits per heavy atom. The molecule has 25 heavy (non-hydrogen) atoms. The van der Waals surface area contributed by atoms with Gasteiger partial charge in [-0.25, -0.2) is 9.38 Å². The third-order valence-corrected chi connectivity index (χ3v) is 4.67. The van der Waals surface area contributed by atoms with E-state index in [0.29, 0.717) is 6.54 Å². The third kappa shape index (κ3) is 3.46. The molecule has 2 heterocycles. The highest BCUT2D eigenvalue weighted by atomic mass is 32.1.